The molecule has 0 saturated heterocycles. The minimum absolute atomic E-state index is 0.0423. The zero-order valence-electron chi connectivity index (χ0n) is 14.6. The van der Waals surface area contributed by atoms with E-state index in [2.05, 4.69) is 10.3 Å². The molecule has 0 aliphatic carbocycles. The summed E-state index contributed by atoms with van der Waals surface area (Å²) in [7, 11) is 2.78. The quantitative estimate of drug-likeness (QED) is 0.560. The highest BCUT2D eigenvalue weighted by Crippen LogP contribution is 2.29. The number of hydrogen-bond acceptors (Lipinski definition) is 6. The van der Waals surface area contributed by atoms with Crippen molar-refractivity contribution in [3.8, 4) is 0 Å². The van der Waals surface area contributed by atoms with E-state index >= 15 is 0 Å². The molecule has 4 aromatic rings. The van der Waals surface area contributed by atoms with E-state index in [-0.39, 0.29) is 32.9 Å². The summed E-state index contributed by atoms with van der Waals surface area (Å²) in [5, 5.41) is 2.72. The molecule has 0 saturated carbocycles. The van der Waals surface area contributed by atoms with Crippen LogP contribution in [0.3, 0.4) is 0 Å². The minimum atomic E-state index is -0.822. The van der Waals surface area contributed by atoms with Crippen molar-refractivity contribution in [2.24, 2.45) is 14.1 Å². The number of fused-ring (bicyclic) bond motifs is 2. The zero-order valence-corrected chi connectivity index (χ0v) is 15.4. The van der Waals surface area contributed by atoms with Gasteiger partial charge in [0.1, 0.15) is 16.7 Å². The topological polar surface area (TPSA) is 99.1 Å². The number of anilines is 1. The molecular formula is C17H12F2N4O4S. The van der Waals surface area contributed by atoms with Gasteiger partial charge in [0, 0.05) is 25.7 Å². The number of benzene rings is 1. The van der Waals surface area contributed by atoms with Crippen molar-refractivity contribution < 1.29 is 18.0 Å². The number of rotatable bonds is 3. The molecule has 0 spiro atoms. The van der Waals surface area contributed by atoms with Crippen molar-refractivity contribution in [2.45, 2.75) is 6.42 Å². The second-order valence-corrected chi connectivity index (χ2v) is 7.16. The molecule has 8 nitrogen and oxygen atoms in total. The van der Waals surface area contributed by atoms with Crippen molar-refractivity contribution in [1.82, 2.24) is 14.1 Å². The van der Waals surface area contributed by atoms with Crippen molar-refractivity contribution in [3.05, 3.63) is 56.4 Å². The van der Waals surface area contributed by atoms with Gasteiger partial charge in [0.15, 0.2) is 10.9 Å². The summed E-state index contributed by atoms with van der Waals surface area (Å²) in [6, 6.07) is 1.84. The first-order valence-corrected chi connectivity index (χ1v) is 8.79. The van der Waals surface area contributed by atoms with Crippen LogP contribution in [0, 0.1) is 11.6 Å². The van der Waals surface area contributed by atoms with E-state index in [1.807, 2.05) is 0 Å². The van der Waals surface area contributed by atoms with Gasteiger partial charge in [-0.2, -0.15) is 0 Å². The normalized spacial score (nSPS) is 11.4. The molecule has 144 valence electrons. The first-order chi connectivity index (χ1) is 13.3. The average molecular weight is 406 g/mol. The third-order valence-corrected chi connectivity index (χ3v) is 5.17. The Bertz CT molecular complexity index is 1380. The lowest BCUT2D eigenvalue weighted by molar-refractivity contribution is -0.115. The lowest BCUT2D eigenvalue weighted by atomic mass is 10.1. The molecule has 0 bridgehead atoms. The third-order valence-electron chi connectivity index (χ3n) is 4.26. The summed E-state index contributed by atoms with van der Waals surface area (Å²) in [4.78, 5) is 40.6. The number of halogens is 2. The summed E-state index contributed by atoms with van der Waals surface area (Å²) in [6.45, 7) is 0. The Morgan fingerprint density at radius 3 is 2.75 bits per heavy atom. The molecule has 11 heteroatoms. The number of carbonyl (C=O) groups excluding carboxylic acids is 1. The molecular weight excluding hydrogens is 394 g/mol. The van der Waals surface area contributed by atoms with Crippen LogP contribution in [0.1, 0.15) is 5.56 Å². The van der Waals surface area contributed by atoms with Crippen LogP contribution < -0.4 is 16.6 Å². The number of furan rings is 1. The fourth-order valence-electron chi connectivity index (χ4n) is 2.90. The predicted octanol–water partition coefficient (Wildman–Crippen LogP) is 1.90. The van der Waals surface area contributed by atoms with Gasteiger partial charge in [0.2, 0.25) is 11.6 Å². The molecule has 0 fully saturated rings. The van der Waals surface area contributed by atoms with E-state index in [9.17, 15) is 23.2 Å². The van der Waals surface area contributed by atoms with E-state index in [1.165, 1.54) is 24.9 Å². The molecule has 0 aliphatic rings. The molecule has 4 rings (SSSR count). The Labute approximate surface area is 158 Å². The van der Waals surface area contributed by atoms with Gasteiger partial charge in [-0.3, -0.25) is 18.7 Å². The van der Waals surface area contributed by atoms with Crippen molar-refractivity contribution >= 4 is 43.7 Å². The molecule has 0 radical (unpaired) electrons. The molecule has 1 N–H and O–H groups in total. The SMILES string of the molecule is Cn1c(=O)c2c(CC(=O)Nc3nc4c(F)cc(F)cc4s3)coc2n(C)c1=O. The van der Waals surface area contributed by atoms with Crippen LogP contribution in [0.2, 0.25) is 0 Å². The maximum atomic E-state index is 13.7. The van der Waals surface area contributed by atoms with Crippen LogP contribution in [-0.2, 0) is 25.3 Å². The van der Waals surface area contributed by atoms with Crippen LogP contribution >= 0.6 is 11.3 Å². The predicted molar refractivity (Wildman–Crippen MR) is 98.6 cm³/mol. The number of nitrogens with zero attached hydrogens (tertiary/aromatic N) is 3. The van der Waals surface area contributed by atoms with Crippen LogP contribution in [0.4, 0.5) is 13.9 Å². The molecule has 28 heavy (non-hydrogen) atoms. The fraction of sp³-hybridized carbons (Fsp3) is 0.176. The van der Waals surface area contributed by atoms with Crippen LogP contribution in [0.5, 0.6) is 0 Å². The van der Waals surface area contributed by atoms with Gasteiger partial charge in [0.25, 0.3) is 5.56 Å². The van der Waals surface area contributed by atoms with Gasteiger partial charge in [0.05, 0.1) is 17.4 Å². The Morgan fingerprint density at radius 2 is 2.00 bits per heavy atom. The van der Waals surface area contributed by atoms with E-state index in [1.54, 1.807) is 0 Å². The lowest BCUT2D eigenvalue weighted by Gasteiger charge is -2.03. The summed E-state index contributed by atoms with van der Waals surface area (Å²) in [5.74, 6) is -2.09. The summed E-state index contributed by atoms with van der Waals surface area (Å²) < 4.78 is 34.7. The first-order valence-electron chi connectivity index (χ1n) is 7.97. The lowest BCUT2D eigenvalue weighted by Crippen LogP contribution is -2.36. The van der Waals surface area contributed by atoms with Gasteiger partial charge in [-0.25, -0.2) is 18.6 Å². The highest BCUT2D eigenvalue weighted by atomic mass is 32.1. The second-order valence-electron chi connectivity index (χ2n) is 6.13. The molecule has 0 aliphatic heterocycles. The molecule has 1 aromatic carbocycles. The summed E-state index contributed by atoms with van der Waals surface area (Å²) >= 11 is 0.922. The van der Waals surface area contributed by atoms with Gasteiger partial charge in [-0.05, 0) is 6.07 Å². The number of nitrogens with one attached hydrogen (secondary N) is 1. The van der Waals surface area contributed by atoms with Crippen LogP contribution in [0.15, 0.2) is 32.4 Å². The first kappa shape index (κ1) is 18.0. The van der Waals surface area contributed by atoms with E-state index in [4.69, 9.17) is 4.42 Å². The number of thiazole rings is 1. The number of amides is 1. The molecule has 3 aromatic heterocycles. The maximum absolute atomic E-state index is 13.7. The minimum Gasteiger partial charge on any atom is -0.447 e. The van der Waals surface area contributed by atoms with Gasteiger partial charge < -0.3 is 9.73 Å². The van der Waals surface area contributed by atoms with Crippen LogP contribution in [0.25, 0.3) is 21.3 Å². The standard InChI is InChI=1S/C17H12F2N4O4S/c1-22-14(25)12-7(6-27-15(12)23(2)17(22)26)3-11(24)20-16-21-13-9(19)4-8(18)5-10(13)28-16/h4-6H,3H2,1-2H3,(H,20,21,24). The van der Waals surface area contributed by atoms with Gasteiger partial charge >= 0.3 is 5.69 Å². The van der Waals surface area contributed by atoms with E-state index < -0.39 is 28.8 Å². The van der Waals surface area contributed by atoms with E-state index in [0.29, 0.717) is 11.6 Å². The highest BCUT2D eigenvalue weighted by Gasteiger charge is 2.19. The summed E-state index contributed by atoms with van der Waals surface area (Å²) in [5.41, 5.74) is -0.812. The molecule has 0 atom stereocenters. The zero-order chi connectivity index (χ0) is 20.2. The molecule has 1 amide bonds. The highest BCUT2D eigenvalue weighted by molar-refractivity contribution is 7.22. The smallest absolute Gasteiger partial charge is 0.333 e. The number of aromatic nitrogens is 3. The molecule has 0 unspecified atom stereocenters. The van der Waals surface area contributed by atoms with Crippen molar-refractivity contribution in [1.29, 1.82) is 0 Å². The number of hydrogen-bond donors (Lipinski definition) is 1. The monoisotopic (exact) mass is 406 g/mol. The Balaban J connectivity index is 1.65. The summed E-state index contributed by atoms with van der Waals surface area (Å²) in [6.07, 6.45) is 1.01. The number of aryl methyl sites for hydroxylation is 1. The Hall–Kier alpha value is -3.34. The largest absolute Gasteiger partial charge is 0.447 e. The average Bonchev–Trinajstić information content (AvgIpc) is 3.22. The van der Waals surface area contributed by atoms with E-state index in [0.717, 1.165) is 22.0 Å². The molecule has 3 heterocycles. The maximum Gasteiger partial charge on any atom is 0.333 e. The van der Waals surface area contributed by atoms with Crippen molar-refractivity contribution in [3.63, 3.8) is 0 Å². The third kappa shape index (κ3) is 2.80. The van der Waals surface area contributed by atoms with Gasteiger partial charge in [-0.1, -0.05) is 11.3 Å². The van der Waals surface area contributed by atoms with Crippen LogP contribution in [-0.4, -0.2) is 20.0 Å². The van der Waals surface area contributed by atoms with Crippen molar-refractivity contribution in [2.75, 3.05) is 5.32 Å². The fourth-order valence-corrected chi connectivity index (χ4v) is 3.82. The Morgan fingerprint density at radius 1 is 1.25 bits per heavy atom. The van der Waals surface area contributed by atoms with Gasteiger partial charge in [-0.15, -0.1) is 0 Å². The number of carbonyl (C=O) groups is 1. The Kier molecular flexibility index (Phi) is 4.11. The second kappa shape index (κ2) is 6.37.